The maximum Gasteiger partial charge on any atom is 0.232 e. The first-order valence-electron chi connectivity index (χ1n) is 4.92. The Morgan fingerprint density at radius 2 is 0.714 bits per heavy atom. The van der Waals surface area contributed by atoms with Crippen LogP contribution in [0.1, 0.15) is 0 Å². The number of imide groups is 2. The van der Waals surface area contributed by atoms with Crippen molar-refractivity contribution in [2.45, 2.75) is 0 Å². The van der Waals surface area contributed by atoms with Gasteiger partial charge in [0.05, 0.1) is 0 Å². The summed E-state index contributed by atoms with van der Waals surface area (Å²) in [6.45, 7) is 0. The summed E-state index contributed by atoms with van der Waals surface area (Å²) in [4.78, 5) is 44.9. The molecule has 0 saturated carbocycles. The van der Waals surface area contributed by atoms with Gasteiger partial charge in [0.1, 0.15) is 0 Å². The molecule has 0 unspecified atom stereocenters. The van der Waals surface area contributed by atoms with E-state index in [1.165, 1.54) is 14.1 Å². The summed E-state index contributed by atoms with van der Waals surface area (Å²) in [5.41, 5.74) is 0. The van der Waals surface area contributed by atoms with Crippen molar-refractivity contribution in [1.82, 2.24) is 9.80 Å². The molecule has 0 aromatic heterocycles. The number of rotatable bonds is 0. The maximum atomic E-state index is 10.8. The summed E-state index contributed by atoms with van der Waals surface area (Å²) >= 11 is 18.3. The summed E-state index contributed by atoms with van der Waals surface area (Å²) < 4.78 is 0. The number of likely N-dealkylation sites (N-methyl/N-ethyl adjacent to an activating group) is 2. The largest absolute Gasteiger partial charge is 0.776 e. The van der Waals surface area contributed by atoms with Crippen LogP contribution in [-0.4, -0.2) is 47.5 Å². The molecule has 118 valence electrons. The van der Waals surface area contributed by atoms with E-state index in [2.05, 4.69) is 50.5 Å². The summed E-state index contributed by atoms with van der Waals surface area (Å²) in [5.74, 6) is -1.87. The van der Waals surface area contributed by atoms with Crippen molar-refractivity contribution < 1.29 is 35.7 Å². The van der Waals surface area contributed by atoms with E-state index in [1.807, 2.05) is 0 Å². The minimum absolute atomic E-state index is 0. The average molecular weight is 405 g/mol. The van der Waals surface area contributed by atoms with E-state index >= 15 is 0 Å². The first kappa shape index (κ1) is 20.1. The van der Waals surface area contributed by atoms with Crippen molar-refractivity contribution in [2.24, 2.45) is 0 Å². The van der Waals surface area contributed by atoms with Gasteiger partial charge in [-0.15, -0.1) is 19.6 Å². The molecule has 0 bridgehead atoms. The molecule has 0 fully saturated rings. The predicted octanol–water partition coefficient (Wildman–Crippen LogP) is -1.42. The van der Waals surface area contributed by atoms with Gasteiger partial charge >= 0.3 is 0 Å². The zero-order valence-electron chi connectivity index (χ0n) is 10.5. The van der Waals surface area contributed by atoms with Crippen LogP contribution >= 0.6 is 0 Å². The van der Waals surface area contributed by atoms with Gasteiger partial charge < -0.3 is 50.5 Å². The van der Waals surface area contributed by atoms with Gasteiger partial charge in [-0.05, 0) is 0 Å². The molecule has 0 N–H and O–H groups in total. The van der Waals surface area contributed by atoms with E-state index in [0.717, 1.165) is 9.80 Å². The predicted molar refractivity (Wildman–Crippen MR) is 79.1 cm³/mol. The molecule has 11 heteroatoms. The van der Waals surface area contributed by atoms with Crippen LogP contribution in [0, 0.1) is 0 Å². The van der Waals surface area contributed by atoms with Gasteiger partial charge in [-0.1, -0.05) is 0 Å². The molecule has 21 heavy (non-hydrogen) atoms. The number of nitrogens with zero attached hydrogens (tertiary/aromatic N) is 2. The molecule has 2 heterocycles. The second kappa shape index (κ2) is 7.41. The topological polar surface area (TPSA) is 74.8 Å². The Kier molecular flexibility index (Phi) is 7.11. The van der Waals surface area contributed by atoms with Gasteiger partial charge in [-0.2, -0.15) is 0 Å². The smallest absolute Gasteiger partial charge is 0.232 e. The van der Waals surface area contributed by atoms with Gasteiger partial charge in [0.2, 0.25) is 23.6 Å². The summed E-state index contributed by atoms with van der Waals surface area (Å²) in [6.07, 6.45) is 0. The van der Waals surface area contributed by atoms with E-state index in [4.69, 9.17) is 0 Å². The van der Waals surface area contributed by atoms with E-state index in [1.54, 1.807) is 0 Å². The van der Waals surface area contributed by atoms with Gasteiger partial charge in [-0.3, -0.25) is 29.0 Å². The zero-order valence-corrected chi connectivity index (χ0v) is 14.7. The molecular weight excluding hydrogens is 399 g/mol. The van der Waals surface area contributed by atoms with Crippen LogP contribution in [0.5, 0.6) is 0 Å². The minimum Gasteiger partial charge on any atom is -0.776 e. The van der Waals surface area contributed by atoms with Crippen molar-refractivity contribution in [3.05, 3.63) is 19.6 Å². The molecule has 0 aromatic rings. The van der Waals surface area contributed by atoms with E-state index in [-0.39, 0.29) is 36.1 Å². The van der Waals surface area contributed by atoms with E-state index < -0.39 is 23.6 Å². The molecule has 0 saturated heterocycles. The number of carbonyl (C=O) groups is 4. The van der Waals surface area contributed by atoms with Crippen molar-refractivity contribution in [3.8, 4) is 0 Å². The van der Waals surface area contributed by atoms with Crippen LogP contribution in [0.15, 0.2) is 19.6 Å². The fourth-order valence-corrected chi connectivity index (χ4v) is 2.08. The molecule has 2 aliphatic heterocycles. The SMILES string of the molecule is CN1C(=O)C([S-])=C([S-])C1=O.CN1C(=O)C([S-])=C([S-])C1=O.[Ni]. The molecule has 0 radical (unpaired) electrons. The Balaban J connectivity index is 0.000000364. The Bertz CT molecular complexity index is 502. The maximum absolute atomic E-state index is 10.8. The van der Waals surface area contributed by atoms with Crippen LogP contribution in [0.25, 0.3) is 0 Å². The molecular formula is C10H6N2NiO4S4-4. The molecule has 0 atom stereocenters. The average Bonchev–Trinajstić information content (AvgIpc) is 2.71. The Labute approximate surface area is 152 Å². The third-order valence-corrected chi connectivity index (χ3v) is 4.18. The zero-order chi connectivity index (χ0) is 15.8. The molecule has 4 amide bonds. The third-order valence-electron chi connectivity index (χ3n) is 2.41. The number of hydrogen-bond donors (Lipinski definition) is 0. The normalized spacial score (nSPS) is 18.2. The molecule has 2 rings (SSSR count). The fourth-order valence-electron chi connectivity index (χ4n) is 1.18. The van der Waals surface area contributed by atoms with E-state index in [0.29, 0.717) is 0 Å². The number of amides is 4. The molecule has 2 aliphatic rings. The minimum atomic E-state index is -0.468. The monoisotopic (exact) mass is 404 g/mol. The van der Waals surface area contributed by atoms with Crippen molar-refractivity contribution >= 4 is 74.1 Å². The second-order valence-corrected chi connectivity index (χ2v) is 5.29. The summed E-state index contributed by atoms with van der Waals surface area (Å²) in [6, 6.07) is 0. The van der Waals surface area contributed by atoms with Gasteiger partial charge in [-0.25, -0.2) is 0 Å². The van der Waals surface area contributed by atoms with Crippen LogP contribution < -0.4 is 0 Å². The van der Waals surface area contributed by atoms with Crippen LogP contribution in [0.3, 0.4) is 0 Å². The van der Waals surface area contributed by atoms with Crippen LogP contribution in [0.2, 0.25) is 0 Å². The molecule has 6 nitrogen and oxygen atoms in total. The number of hydrogen-bond acceptors (Lipinski definition) is 8. The molecule has 0 aliphatic carbocycles. The van der Waals surface area contributed by atoms with Crippen LogP contribution in [0.4, 0.5) is 0 Å². The summed E-state index contributed by atoms with van der Waals surface area (Å²) in [5, 5.41) is 0. The Morgan fingerprint density at radius 3 is 0.762 bits per heavy atom. The summed E-state index contributed by atoms with van der Waals surface area (Å²) in [7, 11) is 2.71. The second-order valence-electron chi connectivity index (χ2n) is 3.66. The Hall–Kier alpha value is -0.866. The van der Waals surface area contributed by atoms with Crippen molar-refractivity contribution in [3.63, 3.8) is 0 Å². The molecule has 0 spiro atoms. The third kappa shape index (κ3) is 3.67. The van der Waals surface area contributed by atoms with Gasteiger partial charge in [0.15, 0.2) is 0 Å². The Morgan fingerprint density at radius 1 is 0.571 bits per heavy atom. The van der Waals surface area contributed by atoms with Crippen molar-refractivity contribution in [2.75, 3.05) is 14.1 Å². The molecule has 0 aromatic carbocycles. The number of carbonyl (C=O) groups excluding carboxylic acids is 4. The van der Waals surface area contributed by atoms with Crippen molar-refractivity contribution in [1.29, 1.82) is 0 Å². The quantitative estimate of drug-likeness (QED) is 0.276. The van der Waals surface area contributed by atoms with Gasteiger partial charge in [0, 0.05) is 30.6 Å². The first-order chi connectivity index (χ1) is 9.11. The van der Waals surface area contributed by atoms with Crippen LogP contribution in [-0.2, 0) is 86.2 Å². The first-order valence-corrected chi connectivity index (χ1v) is 6.55. The fraction of sp³-hybridized carbons (Fsp3) is 0.200. The standard InChI is InChI=1S/2C5H5NO2S2.Ni/c2*1-6-4(7)2(9)3(10)5(6)8;/h2*9-10H,1H3;/p-4. The van der Waals surface area contributed by atoms with Gasteiger partial charge in [0.25, 0.3) is 0 Å². The van der Waals surface area contributed by atoms with E-state index in [9.17, 15) is 19.2 Å².